The van der Waals surface area contributed by atoms with Crippen LogP contribution in [0.4, 0.5) is 10.8 Å². The normalized spacial score (nSPS) is 10.8. The summed E-state index contributed by atoms with van der Waals surface area (Å²) in [6, 6.07) is 4.30. The Bertz CT molecular complexity index is 1070. The molecule has 0 fully saturated rings. The summed E-state index contributed by atoms with van der Waals surface area (Å²) in [6.45, 7) is 5.28. The lowest BCUT2D eigenvalue weighted by molar-refractivity contribution is -0.384. The van der Waals surface area contributed by atoms with Crippen LogP contribution in [0.15, 0.2) is 18.2 Å². The highest BCUT2D eigenvalue weighted by molar-refractivity contribution is 7.22. The maximum atomic E-state index is 12.7. The zero-order valence-corrected chi connectivity index (χ0v) is 15.6. The Balaban J connectivity index is 1.88. The molecule has 2 N–H and O–H groups in total. The van der Waals surface area contributed by atoms with Gasteiger partial charge in [0.05, 0.1) is 27.3 Å². The third-order valence-corrected chi connectivity index (χ3v) is 4.88. The number of esters is 1. The summed E-state index contributed by atoms with van der Waals surface area (Å²) in [4.78, 5) is 42.2. The van der Waals surface area contributed by atoms with Gasteiger partial charge in [-0.15, -0.1) is 0 Å². The Morgan fingerprint density at radius 2 is 2.11 bits per heavy atom. The van der Waals surface area contributed by atoms with Crippen LogP contribution >= 0.6 is 11.3 Å². The summed E-state index contributed by atoms with van der Waals surface area (Å²) < 4.78 is 5.57. The standard InChI is InChI=1S/C17H16N4O5S/c1-4-26-16(23)14-8(2)13(9(3)18-14)15(22)20-17-19-11-6-5-10(21(24)25)7-12(11)27-17/h5-7,18H,4H2,1-3H3,(H,19,20,22). The highest BCUT2D eigenvalue weighted by Crippen LogP contribution is 2.30. The van der Waals surface area contributed by atoms with Crippen LogP contribution in [-0.2, 0) is 4.74 Å². The molecule has 10 heteroatoms. The van der Waals surface area contributed by atoms with Crippen LogP contribution in [0.1, 0.15) is 39.0 Å². The number of nitro groups is 1. The van der Waals surface area contributed by atoms with E-state index in [9.17, 15) is 19.7 Å². The fraction of sp³-hybridized carbons (Fsp3) is 0.235. The maximum absolute atomic E-state index is 12.7. The van der Waals surface area contributed by atoms with E-state index in [0.29, 0.717) is 32.2 Å². The molecular formula is C17H16N4O5S. The van der Waals surface area contributed by atoms with Gasteiger partial charge in [0.15, 0.2) is 5.13 Å². The molecule has 0 radical (unpaired) electrons. The van der Waals surface area contributed by atoms with Gasteiger partial charge in [-0.2, -0.15) is 0 Å². The molecule has 1 amide bonds. The Morgan fingerprint density at radius 3 is 2.78 bits per heavy atom. The zero-order chi connectivity index (χ0) is 19.7. The highest BCUT2D eigenvalue weighted by atomic mass is 32.1. The first-order valence-corrected chi connectivity index (χ1v) is 8.86. The second-order valence-electron chi connectivity index (χ2n) is 5.73. The van der Waals surface area contributed by atoms with Crippen molar-refractivity contribution in [2.45, 2.75) is 20.8 Å². The van der Waals surface area contributed by atoms with Crippen molar-refractivity contribution in [3.05, 3.63) is 50.8 Å². The van der Waals surface area contributed by atoms with E-state index in [1.165, 1.54) is 18.2 Å². The second kappa shape index (κ2) is 7.16. The molecule has 3 aromatic rings. The van der Waals surface area contributed by atoms with Crippen LogP contribution in [0.5, 0.6) is 0 Å². The second-order valence-corrected chi connectivity index (χ2v) is 6.76. The van der Waals surface area contributed by atoms with Crippen molar-refractivity contribution in [1.82, 2.24) is 9.97 Å². The molecule has 0 saturated heterocycles. The minimum Gasteiger partial charge on any atom is -0.461 e. The van der Waals surface area contributed by atoms with Gasteiger partial charge in [-0.3, -0.25) is 20.2 Å². The molecule has 27 heavy (non-hydrogen) atoms. The van der Waals surface area contributed by atoms with Gasteiger partial charge >= 0.3 is 5.97 Å². The number of non-ortho nitro benzene ring substituents is 1. The van der Waals surface area contributed by atoms with E-state index >= 15 is 0 Å². The molecule has 2 heterocycles. The summed E-state index contributed by atoms with van der Waals surface area (Å²) in [5.41, 5.74) is 2.10. The molecule has 0 aliphatic heterocycles. The van der Waals surface area contributed by atoms with Crippen LogP contribution in [0.25, 0.3) is 10.2 Å². The SMILES string of the molecule is CCOC(=O)c1[nH]c(C)c(C(=O)Nc2nc3ccc([N+](=O)[O-])cc3s2)c1C. The van der Waals surface area contributed by atoms with Crippen LogP contribution in [0.3, 0.4) is 0 Å². The van der Waals surface area contributed by atoms with Crippen molar-refractivity contribution in [2.75, 3.05) is 11.9 Å². The smallest absolute Gasteiger partial charge is 0.355 e. The predicted molar refractivity (Wildman–Crippen MR) is 100 cm³/mol. The molecular weight excluding hydrogens is 372 g/mol. The Labute approximate surface area is 157 Å². The van der Waals surface area contributed by atoms with Gasteiger partial charge in [0.25, 0.3) is 11.6 Å². The first kappa shape index (κ1) is 18.5. The van der Waals surface area contributed by atoms with Gasteiger partial charge in [0.2, 0.25) is 0 Å². The predicted octanol–water partition coefficient (Wildman–Crippen LogP) is 3.58. The quantitative estimate of drug-likeness (QED) is 0.391. The largest absolute Gasteiger partial charge is 0.461 e. The van der Waals surface area contributed by atoms with Gasteiger partial charge in [-0.05, 0) is 32.4 Å². The van der Waals surface area contributed by atoms with E-state index in [2.05, 4.69) is 15.3 Å². The third-order valence-electron chi connectivity index (χ3n) is 3.95. The third kappa shape index (κ3) is 3.51. The summed E-state index contributed by atoms with van der Waals surface area (Å²) in [6.07, 6.45) is 0. The summed E-state index contributed by atoms with van der Waals surface area (Å²) in [5.74, 6) is -0.949. The average Bonchev–Trinajstić information content (AvgIpc) is 3.13. The van der Waals surface area contributed by atoms with E-state index in [1.807, 2.05) is 0 Å². The summed E-state index contributed by atoms with van der Waals surface area (Å²) >= 11 is 1.14. The zero-order valence-electron chi connectivity index (χ0n) is 14.8. The number of thiazole rings is 1. The molecule has 140 valence electrons. The molecule has 1 aromatic carbocycles. The van der Waals surface area contributed by atoms with Crippen molar-refractivity contribution in [1.29, 1.82) is 0 Å². The van der Waals surface area contributed by atoms with Crippen LogP contribution in [-0.4, -0.2) is 33.4 Å². The lowest BCUT2D eigenvalue weighted by Gasteiger charge is -2.03. The molecule has 0 unspecified atom stereocenters. The number of anilines is 1. The van der Waals surface area contributed by atoms with E-state index in [4.69, 9.17) is 4.74 Å². The van der Waals surface area contributed by atoms with Crippen LogP contribution in [0.2, 0.25) is 0 Å². The number of aryl methyl sites for hydroxylation is 1. The summed E-state index contributed by atoms with van der Waals surface area (Å²) in [5, 5.41) is 13.9. The van der Waals surface area contributed by atoms with Crippen molar-refractivity contribution >= 4 is 44.2 Å². The number of hydrogen-bond donors (Lipinski definition) is 2. The van der Waals surface area contributed by atoms with Crippen molar-refractivity contribution < 1.29 is 19.2 Å². The first-order chi connectivity index (χ1) is 12.8. The summed E-state index contributed by atoms with van der Waals surface area (Å²) in [7, 11) is 0. The van der Waals surface area contributed by atoms with E-state index < -0.39 is 16.8 Å². The van der Waals surface area contributed by atoms with E-state index in [0.717, 1.165) is 11.3 Å². The topological polar surface area (TPSA) is 127 Å². The first-order valence-electron chi connectivity index (χ1n) is 8.04. The highest BCUT2D eigenvalue weighted by Gasteiger charge is 2.23. The number of fused-ring (bicyclic) bond motifs is 1. The molecule has 2 aromatic heterocycles. The number of aromatic amines is 1. The van der Waals surface area contributed by atoms with Gasteiger partial charge in [0.1, 0.15) is 5.69 Å². The Hall–Kier alpha value is -3.27. The molecule has 0 aliphatic carbocycles. The van der Waals surface area contributed by atoms with Gasteiger partial charge in [0, 0.05) is 17.8 Å². The average molecular weight is 388 g/mol. The number of ether oxygens (including phenoxy) is 1. The molecule has 3 rings (SSSR count). The maximum Gasteiger partial charge on any atom is 0.355 e. The van der Waals surface area contributed by atoms with E-state index in [1.54, 1.807) is 20.8 Å². The number of nitrogens with zero attached hydrogens (tertiary/aromatic N) is 2. The van der Waals surface area contributed by atoms with Gasteiger partial charge in [-0.25, -0.2) is 9.78 Å². The van der Waals surface area contributed by atoms with E-state index in [-0.39, 0.29) is 18.0 Å². The Morgan fingerprint density at radius 1 is 1.37 bits per heavy atom. The minimum atomic E-state index is -0.524. The van der Waals surface area contributed by atoms with Crippen molar-refractivity contribution in [3.63, 3.8) is 0 Å². The number of carbonyl (C=O) groups is 2. The number of H-pyrrole nitrogens is 1. The number of nitro benzene ring substituents is 1. The lowest BCUT2D eigenvalue weighted by atomic mass is 10.1. The number of nitrogens with one attached hydrogen (secondary N) is 2. The van der Waals surface area contributed by atoms with Crippen LogP contribution in [0, 0.1) is 24.0 Å². The number of aromatic nitrogens is 2. The number of rotatable bonds is 5. The number of benzene rings is 1. The molecule has 9 nitrogen and oxygen atoms in total. The number of carbonyl (C=O) groups excluding carboxylic acids is 2. The number of hydrogen-bond acceptors (Lipinski definition) is 7. The fourth-order valence-corrected chi connectivity index (χ4v) is 3.63. The van der Waals surface area contributed by atoms with Gasteiger partial charge < -0.3 is 9.72 Å². The molecule has 0 saturated carbocycles. The molecule has 0 aliphatic rings. The fourth-order valence-electron chi connectivity index (χ4n) is 2.74. The molecule has 0 bridgehead atoms. The van der Waals surface area contributed by atoms with Crippen molar-refractivity contribution in [3.8, 4) is 0 Å². The van der Waals surface area contributed by atoms with Crippen LogP contribution < -0.4 is 5.32 Å². The van der Waals surface area contributed by atoms with Crippen molar-refractivity contribution in [2.24, 2.45) is 0 Å². The van der Waals surface area contributed by atoms with Gasteiger partial charge in [-0.1, -0.05) is 11.3 Å². The number of amides is 1. The minimum absolute atomic E-state index is 0.0413. The lowest BCUT2D eigenvalue weighted by Crippen LogP contribution is -2.14. The Kier molecular flexibility index (Phi) is 4.91. The monoisotopic (exact) mass is 388 g/mol. The molecule has 0 atom stereocenters. The molecule has 0 spiro atoms.